The Morgan fingerprint density at radius 3 is 2.72 bits per heavy atom. The summed E-state index contributed by atoms with van der Waals surface area (Å²) in [6.07, 6.45) is -2.35. The van der Waals surface area contributed by atoms with Crippen molar-refractivity contribution in [1.29, 1.82) is 0 Å². The summed E-state index contributed by atoms with van der Waals surface area (Å²) in [5, 5.41) is 11.1. The van der Waals surface area contributed by atoms with Gasteiger partial charge in [0.2, 0.25) is 17.7 Å². The molecule has 1 aliphatic rings. The van der Waals surface area contributed by atoms with Gasteiger partial charge in [-0.15, -0.1) is 11.3 Å². The largest absolute Gasteiger partial charge is 0.437 e. The van der Waals surface area contributed by atoms with Crippen LogP contribution in [-0.2, 0) is 4.79 Å². The number of carbonyl (C=O) groups excluding carboxylic acids is 1. The molecule has 1 saturated heterocycles. The highest BCUT2D eigenvalue weighted by atomic mass is 32.1. The van der Waals surface area contributed by atoms with Gasteiger partial charge in [-0.05, 0) is 50.9 Å². The number of aromatic nitrogens is 3. The van der Waals surface area contributed by atoms with E-state index in [0.717, 1.165) is 35.8 Å². The zero-order valence-corrected chi connectivity index (χ0v) is 22.2. The number of halogens is 3. The first-order valence-corrected chi connectivity index (χ1v) is 13.3. The fourth-order valence-corrected chi connectivity index (χ4v) is 5.37. The number of nitrogens with zero attached hydrogens (tertiary/aromatic N) is 3. The van der Waals surface area contributed by atoms with Gasteiger partial charge >= 0.3 is 6.18 Å². The van der Waals surface area contributed by atoms with E-state index in [9.17, 15) is 18.0 Å². The van der Waals surface area contributed by atoms with Crippen LogP contribution in [0.25, 0.3) is 21.3 Å². The lowest BCUT2D eigenvalue weighted by molar-refractivity contribution is -0.150. The molecule has 1 aliphatic heterocycles. The fraction of sp³-hybridized carbons (Fsp3) is 0.333. The number of anilines is 2. The predicted molar refractivity (Wildman–Crippen MR) is 145 cm³/mol. The van der Waals surface area contributed by atoms with Crippen LogP contribution in [0.4, 0.5) is 24.8 Å². The van der Waals surface area contributed by atoms with Crippen LogP contribution in [0.1, 0.15) is 29.8 Å². The lowest BCUT2D eigenvalue weighted by Gasteiger charge is -2.23. The molecule has 1 amide bonds. The molecule has 0 spiro atoms. The van der Waals surface area contributed by atoms with Crippen molar-refractivity contribution >= 4 is 39.7 Å². The third kappa shape index (κ3) is 6.45. The average molecular weight is 557 g/mol. The molecule has 204 valence electrons. The number of aryl methyl sites for hydroxylation is 2. The number of rotatable bonds is 7. The Kier molecular flexibility index (Phi) is 7.67. The van der Waals surface area contributed by atoms with Gasteiger partial charge in [-0.1, -0.05) is 24.3 Å². The number of ether oxygens (including phenoxy) is 1. The number of hydrogen-bond donors (Lipinski definition) is 3. The van der Waals surface area contributed by atoms with Gasteiger partial charge in [-0.3, -0.25) is 4.79 Å². The summed E-state index contributed by atoms with van der Waals surface area (Å²) >= 11 is 1.44. The molecule has 5 rings (SSSR count). The minimum atomic E-state index is -4.60. The number of hydrogen-bond acceptors (Lipinski definition) is 8. The Morgan fingerprint density at radius 1 is 1.18 bits per heavy atom. The van der Waals surface area contributed by atoms with Crippen molar-refractivity contribution in [2.24, 2.45) is 0 Å². The Balaban J connectivity index is 1.46. The molecule has 4 aromatic rings. The zero-order chi connectivity index (χ0) is 27.6. The van der Waals surface area contributed by atoms with Crippen LogP contribution in [0.3, 0.4) is 0 Å². The molecular formula is C27H27F3N6O2S. The van der Waals surface area contributed by atoms with Crippen LogP contribution in [-0.4, -0.2) is 46.2 Å². The Morgan fingerprint density at radius 2 is 1.97 bits per heavy atom. The van der Waals surface area contributed by atoms with Crippen molar-refractivity contribution in [3.8, 4) is 22.2 Å². The Labute approximate surface area is 227 Å². The number of fused-ring (bicyclic) bond motifs is 1. The van der Waals surface area contributed by atoms with E-state index in [2.05, 4.69) is 25.9 Å². The molecule has 3 heterocycles. The van der Waals surface area contributed by atoms with Gasteiger partial charge in [0.15, 0.2) is 0 Å². The third-order valence-corrected chi connectivity index (χ3v) is 7.21. The number of nitrogens with one attached hydrogen (secondary N) is 3. The van der Waals surface area contributed by atoms with Gasteiger partial charge in [0.1, 0.15) is 17.0 Å². The quantitative estimate of drug-likeness (QED) is 0.249. The summed E-state index contributed by atoms with van der Waals surface area (Å²) in [5.74, 6) is 0.254. The molecule has 0 unspecified atom stereocenters. The van der Waals surface area contributed by atoms with Crippen LogP contribution >= 0.6 is 11.3 Å². The molecule has 0 aliphatic carbocycles. The molecule has 0 saturated carbocycles. The van der Waals surface area contributed by atoms with E-state index in [4.69, 9.17) is 9.72 Å². The number of benzene rings is 2. The van der Waals surface area contributed by atoms with Gasteiger partial charge in [-0.25, -0.2) is 15.0 Å². The predicted octanol–water partition coefficient (Wildman–Crippen LogP) is 6.22. The summed E-state index contributed by atoms with van der Waals surface area (Å²) in [6.45, 7) is 5.50. The zero-order valence-electron chi connectivity index (χ0n) is 21.4. The normalized spacial score (nSPS) is 15.8. The highest BCUT2D eigenvalue weighted by Crippen LogP contribution is 2.42. The van der Waals surface area contributed by atoms with Crippen LogP contribution in [0, 0.1) is 13.8 Å². The molecule has 1 fully saturated rings. The van der Waals surface area contributed by atoms with E-state index in [-0.39, 0.29) is 11.7 Å². The number of piperidine rings is 1. The summed E-state index contributed by atoms with van der Waals surface area (Å²) in [6, 6.07) is 10.7. The molecule has 39 heavy (non-hydrogen) atoms. The van der Waals surface area contributed by atoms with Crippen molar-refractivity contribution in [1.82, 2.24) is 20.3 Å². The van der Waals surface area contributed by atoms with Crippen molar-refractivity contribution in [3.05, 3.63) is 53.2 Å². The SMILES string of the molecule is Cc1nc(Oc2c(C)cc(NC(=O)CC(F)(F)F)c3ccccc23)c(-c2ccnc(N[C@H]3CCCNC3)n2)s1. The first-order valence-electron chi connectivity index (χ1n) is 12.5. The monoisotopic (exact) mass is 556 g/mol. The number of amides is 1. The first-order chi connectivity index (χ1) is 18.7. The minimum absolute atomic E-state index is 0.247. The van der Waals surface area contributed by atoms with E-state index in [0.29, 0.717) is 39.6 Å². The number of thiazole rings is 1. The van der Waals surface area contributed by atoms with Crippen molar-refractivity contribution in [2.75, 3.05) is 23.7 Å². The number of carbonyl (C=O) groups is 1. The van der Waals surface area contributed by atoms with Crippen molar-refractivity contribution in [2.45, 2.75) is 45.3 Å². The van der Waals surface area contributed by atoms with Crippen LogP contribution in [0.2, 0.25) is 0 Å². The standard InChI is InChI=1S/C27H27F3N6O2S/c1-15-12-21(35-22(37)13-27(28,29)30)18-7-3-4-8-19(18)23(15)38-25-24(39-16(2)33-25)20-9-11-32-26(36-20)34-17-6-5-10-31-14-17/h3-4,7-9,11-12,17,31H,5-6,10,13-14H2,1-2H3,(H,35,37)(H,32,34,36)/t17-/m0/s1. The maximum Gasteiger partial charge on any atom is 0.397 e. The van der Waals surface area contributed by atoms with E-state index in [1.54, 1.807) is 49.5 Å². The molecule has 3 N–H and O–H groups in total. The van der Waals surface area contributed by atoms with Crippen LogP contribution in [0.15, 0.2) is 42.6 Å². The molecule has 2 aromatic carbocycles. The first kappa shape index (κ1) is 26.8. The molecule has 0 bridgehead atoms. The fourth-order valence-electron chi connectivity index (χ4n) is 4.55. The lowest BCUT2D eigenvalue weighted by atomic mass is 10.0. The topological polar surface area (TPSA) is 101 Å². The van der Waals surface area contributed by atoms with E-state index in [1.165, 1.54) is 11.3 Å². The molecule has 1 atom stereocenters. The Bertz CT molecular complexity index is 1500. The molecule has 12 heteroatoms. The second-order valence-electron chi connectivity index (χ2n) is 9.38. The lowest BCUT2D eigenvalue weighted by Crippen LogP contribution is -2.38. The molecule has 0 radical (unpaired) electrons. The maximum atomic E-state index is 12.7. The highest BCUT2D eigenvalue weighted by molar-refractivity contribution is 7.15. The maximum absolute atomic E-state index is 12.7. The van der Waals surface area contributed by atoms with Crippen LogP contribution < -0.4 is 20.7 Å². The Hall–Kier alpha value is -3.77. The van der Waals surface area contributed by atoms with Crippen molar-refractivity contribution < 1.29 is 22.7 Å². The van der Waals surface area contributed by atoms with E-state index < -0.39 is 18.5 Å². The summed E-state index contributed by atoms with van der Waals surface area (Å²) < 4.78 is 44.6. The second-order valence-corrected chi connectivity index (χ2v) is 10.6. The summed E-state index contributed by atoms with van der Waals surface area (Å²) in [7, 11) is 0. The average Bonchev–Trinajstić information content (AvgIpc) is 3.26. The van der Waals surface area contributed by atoms with Gasteiger partial charge in [0.05, 0.1) is 10.7 Å². The van der Waals surface area contributed by atoms with Gasteiger partial charge < -0.3 is 20.7 Å². The number of alkyl halides is 3. The van der Waals surface area contributed by atoms with Gasteiger partial charge in [0.25, 0.3) is 0 Å². The highest BCUT2D eigenvalue weighted by Gasteiger charge is 2.31. The summed E-state index contributed by atoms with van der Waals surface area (Å²) in [4.78, 5) is 26.4. The van der Waals surface area contributed by atoms with Crippen LogP contribution in [0.5, 0.6) is 11.6 Å². The van der Waals surface area contributed by atoms with Gasteiger partial charge in [-0.2, -0.15) is 13.2 Å². The minimum Gasteiger partial charge on any atom is -0.437 e. The van der Waals surface area contributed by atoms with Crippen molar-refractivity contribution in [3.63, 3.8) is 0 Å². The van der Waals surface area contributed by atoms with Gasteiger partial charge in [0, 0.05) is 35.2 Å². The third-order valence-electron chi connectivity index (χ3n) is 6.24. The smallest absolute Gasteiger partial charge is 0.397 e. The molecular weight excluding hydrogens is 529 g/mol. The van der Waals surface area contributed by atoms with E-state index >= 15 is 0 Å². The summed E-state index contributed by atoms with van der Waals surface area (Å²) in [5.41, 5.74) is 1.57. The molecule has 2 aromatic heterocycles. The molecule has 8 nitrogen and oxygen atoms in total. The second kappa shape index (κ2) is 11.1. The van der Waals surface area contributed by atoms with E-state index in [1.807, 2.05) is 6.92 Å².